The maximum absolute atomic E-state index is 6.25. The third-order valence-corrected chi connectivity index (χ3v) is 8.52. The van der Waals surface area contributed by atoms with E-state index in [1.54, 1.807) is 7.05 Å². The predicted octanol–water partition coefficient (Wildman–Crippen LogP) is 3.02. The molecule has 2 fully saturated rings. The first kappa shape index (κ1) is 29.4. The summed E-state index contributed by atoms with van der Waals surface area (Å²) in [6, 6.07) is 0.491. The zero-order chi connectivity index (χ0) is 26.3. The minimum atomic E-state index is 0.491. The molecule has 0 bridgehead atoms. The van der Waals surface area contributed by atoms with Crippen LogP contribution in [0.2, 0.25) is 0 Å². The number of guanidine groups is 3. The Kier molecular flexibility index (Phi) is 13.2. The number of nitrogens with one attached hydrogen (secondary N) is 3. The Morgan fingerprint density at radius 1 is 0.919 bits per heavy atom. The van der Waals surface area contributed by atoms with Gasteiger partial charge in [-0.3, -0.25) is 15.0 Å². The molecular weight excluding hydrogens is 462 g/mol. The average molecular weight is 518 g/mol. The molecule has 0 aromatic carbocycles. The van der Waals surface area contributed by atoms with Gasteiger partial charge in [0.25, 0.3) is 0 Å². The fourth-order valence-electron chi connectivity index (χ4n) is 6.09. The van der Waals surface area contributed by atoms with E-state index >= 15 is 0 Å². The first-order chi connectivity index (χ1) is 18.0. The first-order valence-electron chi connectivity index (χ1n) is 15.1. The van der Waals surface area contributed by atoms with Crippen molar-refractivity contribution in [3.8, 4) is 0 Å². The largest absolute Gasteiger partial charge is 0.370 e. The van der Waals surface area contributed by atoms with Crippen molar-refractivity contribution >= 4 is 17.9 Å². The molecule has 0 atom stereocenters. The molecule has 3 rings (SSSR count). The van der Waals surface area contributed by atoms with E-state index in [-0.39, 0.29) is 0 Å². The quantitative estimate of drug-likeness (QED) is 0.145. The molecular formula is C28H55N9. The van der Waals surface area contributed by atoms with Crippen LogP contribution in [0.4, 0.5) is 0 Å². The van der Waals surface area contributed by atoms with Crippen molar-refractivity contribution in [1.82, 2.24) is 20.9 Å². The van der Waals surface area contributed by atoms with Crippen molar-refractivity contribution in [2.24, 2.45) is 44.2 Å². The van der Waals surface area contributed by atoms with E-state index in [4.69, 9.17) is 11.5 Å². The third-order valence-electron chi connectivity index (χ3n) is 8.52. The highest BCUT2D eigenvalue weighted by molar-refractivity contribution is 5.81. The molecule has 0 unspecified atom stereocenters. The van der Waals surface area contributed by atoms with Gasteiger partial charge in [-0.1, -0.05) is 45.4 Å². The van der Waals surface area contributed by atoms with Gasteiger partial charge in [0.05, 0.1) is 13.1 Å². The lowest BCUT2D eigenvalue weighted by Gasteiger charge is -2.33. The van der Waals surface area contributed by atoms with E-state index in [0.717, 1.165) is 69.3 Å². The number of unbranched alkanes of at least 4 members (excludes halogenated alkanes) is 3. The Labute approximate surface area is 225 Å². The van der Waals surface area contributed by atoms with Gasteiger partial charge < -0.3 is 32.3 Å². The number of aliphatic imine (C=N–C) groups is 3. The Bertz CT molecular complexity index is 719. The number of rotatable bonds is 13. The van der Waals surface area contributed by atoms with E-state index < -0.39 is 0 Å². The third kappa shape index (κ3) is 11.4. The van der Waals surface area contributed by atoms with E-state index in [1.807, 2.05) is 0 Å². The van der Waals surface area contributed by atoms with Crippen LogP contribution in [-0.4, -0.2) is 75.1 Å². The summed E-state index contributed by atoms with van der Waals surface area (Å²) >= 11 is 0. The summed E-state index contributed by atoms with van der Waals surface area (Å²) in [4.78, 5) is 15.5. The molecule has 1 aliphatic heterocycles. The Morgan fingerprint density at radius 3 is 2.30 bits per heavy atom. The van der Waals surface area contributed by atoms with Crippen molar-refractivity contribution in [2.45, 2.75) is 96.4 Å². The van der Waals surface area contributed by atoms with Gasteiger partial charge in [0, 0.05) is 39.3 Å². The highest BCUT2D eigenvalue weighted by Gasteiger charge is 2.26. The normalized spacial score (nSPS) is 27.2. The van der Waals surface area contributed by atoms with Crippen LogP contribution in [-0.2, 0) is 0 Å². The van der Waals surface area contributed by atoms with Crippen molar-refractivity contribution in [3.63, 3.8) is 0 Å². The highest BCUT2D eigenvalue weighted by atomic mass is 15.3. The predicted molar refractivity (Wildman–Crippen MR) is 157 cm³/mol. The first-order valence-corrected chi connectivity index (χ1v) is 15.1. The van der Waals surface area contributed by atoms with Gasteiger partial charge >= 0.3 is 0 Å². The van der Waals surface area contributed by atoms with Gasteiger partial charge in [0.2, 0.25) is 0 Å². The van der Waals surface area contributed by atoms with Crippen LogP contribution in [0, 0.1) is 17.8 Å². The molecule has 0 aromatic rings. The van der Waals surface area contributed by atoms with E-state index in [9.17, 15) is 0 Å². The van der Waals surface area contributed by atoms with Crippen molar-refractivity contribution in [3.05, 3.63) is 0 Å². The summed E-state index contributed by atoms with van der Waals surface area (Å²) in [5, 5.41) is 10.1. The molecule has 3 aliphatic rings. The molecule has 0 saturated heterocycles. The molecule has 0 amide bonds. The van der Waals surface area contributed by atoms with Crippen LogP contribution < -0.4 is 27.4 Å². The summed E-state index contributed by atoms with van der Waals surface area (Å²) in [5.41, 5.74) is 11.9. The van der Waals surface area contributed by atoms with Crippen LogP contribution in [0.3, 0.4) is 0 Å². The highest BCUT2D eigenvalue weighted by Crippen LogP contribution is 2.36. The molecule has 2 aliphatic carbocycles. The van der Waals surface area contributed by atoms with Gasteiger partial charge in [0.1, 0.15) is 0 Å². The molecule has 37 heavy (non-hydrogen) atoms. The summed E-state index contributed by atoms with van der Waals surface area (Å²) in [7, 11) is 1.70. The monoisotopic (exact) mass is 517 g/mol. The minimum Gasteiger partial charge on any atom is -0.370 e. The summed E-state index contributed by atoms with van der Waals surface area (Å²) in [6.07, 6.45) is 17.0. The molecule has 9 heteroatoms. The molecule has 1 heterocycles. The molecule has 0 radical (unpaired) electrons. The summed E-state index contributed by atoms with van der Waals surface area (Å²) < 4.78 is 0. The molecule has 0 aromatic heterocycles. The maximum Gasteiger partial charge on any atom is 0.194 e. The molecule has 2 saturated carbocycles. The lowest BCUT2D eigenvalue weighted by atomic mass is 9.75. The van der Waals surface area contributed by atoms with Gasteiger partial charge in [-0.15, -0.1) is 0 Å². The SMILES string of the molecule is CN=C(N)NCCCCCCNC1=NCCN1CCN=C(N)NC1CCC(CC2CCC(C)CC2)CC1. The van der Waals surface area contributed by atoms with Gasteiger partial charge in [-0.25, -0.2) is 0 Å². The second-order valence-electron chi connectivity index (χ2n) is 11.6. The number of hydrogen-bond acceptors (Lipinski definition) is 5. The number of nitrogens with two attached hydrogens (primary N) is 2. The van der Waals surface area contributed by atoms with E-state index in [0.29, 0.717) is 24.5 Å². The number of hydrogen-bond donors (Lipinski definition) is 5. The van der Waals surface area contributed by atoms with Crippen molar-refractivity contribution in [2.75, 3.05) is 46.3 Å². The zero-order valence-corrected chi connectivity index (χ0v) is 23.7. The van der Waals surface area contributed by atoms with Crippen LogP contribution in [0.25, 0.3) is 0 Å². The average Bonchev–Trinajstić information content (AvgIpc) is 3.35. The molecule has 9 nitrogen and oxygen atoms in total. The van der Waals surface area contributed by atoms with Crippen molar-refractivity contribution < 1.29 is 0 Å². The second kappa shape index (κ2) is 16.6. The molecule has 7 N–H and O–H groups in total. The Hall–Kier alpha value is -2.19. The minimum absolute atomic E-state index is 0.491. The zero-order valence-electron chi connectivity index (χ0n) is 23.7. The van der Waals surface area contributed by atoms with Crippen molar-refractivity contribution in [1.29, 1.82) is 0 Å². The van der Waals surface area contributed by atoms with Gasteiger partial charge in [-0.05, 0) is 62.7 Å². The van der Waals surface area contributed by atoms with Gasteiger partial charge in [-0.2, -0.15) is 0 Å². The smallest absolute Gasteiger partial charge is 0.194 e. The maximum atomic E-state index is 6.25. The Morgan fingerprint density at radius 2 is 1.59 bits per heavy atom. The fourth-order valence-corrected chi connectivity index (χ4v) is 6.09. The Balaban J connectivity index is 1.22. The molecule has 212 valence electrons. The van der Waals surface area contributed by atoms with Crippen LogP contribution in [0.5, 0.6) is 0 Å². The fraction of sp³-hybridized carbons (Fsp3) is 0.893. The second-order valence-corrected chi connectivity index (χ2v) is 11.6. The molecule has 0 spiro atoms. The summed E-state index contributed by atoms with van der Waals surface area (Å²) in [5.74, 6) is 5.00. The lowest BCUT2D eigenvalue weighted by Crippen LogP contribution is -2.43. The number of nitrogens with zero attached hydrogens (tertiary/aromatic N) is 4. The van der Waals surface area contributed by atoms with E-state index in [1.165, 1.54) is 70.6 Å². The lowest BCUT2D eigenvalue weighted by molar-refractivity contribution is 0.208. The topological polar surface area (TPSA) is 128 Å². The van der Waals surface area contributed by atoms with E-state index in [2.05, 4.69) is 42.8 Å². The summed E-state index contributed by atoms with van der Waals surface area (Å²) in [6.45, 7) is 7.63. The standard InChI is InChI=1S/C28H55N9/c1-22-7-9-23(10-8-22)21-24-11-13-25(14-12-24)36-27(30)33-17-19-37-20-18-35-28(37)34-16-6-4-3-5-15-32-26(29)31-2/h22-25H,3-21H2,1-2H3,(H,34,35)(H3,29,31,32)(H3,30,33,36). The van der Waals surface area contributed by atoms with Crippen LogP contribution >= 0.6 is 0 Å². The van der Waals surface area contributed by atoms with Gasteiger partial charge in [0.15, 0.2) is 17.9 Å². The van der Waals surface area contributed by atoms with Crippen LogP contribution in [0.1, 0.15) is 90.4 Å². The van der Waals surface area contributed by atoms with Crippen LogP contribution in [0.15, 0.2) is 15.0 Å².